The Hall–Kier alpha value is -0.770. The van der Waals surface area contributed by atoms with Crippen LogP contribution < -0.4 is 4.74 Å². The maximum Gasteiger partial charge on any atom is 0.137 e. The van der Waals surface area contributed by atoms with Crippen LogP contribution >= 0.6 is 11.6 Å². The highest BCUT2D eigenvalue weighted by Gasteiger charge is 2.38. The topological polar surface area (TPSA) is 38.7 Å². The summed E-state index contributed by atoms with van der Waals surface area (Å²) >= 11 is 5.94. The SMILES string of the molecule is COc1ccc(C2(O)COC2)cc1Cl. The average molecular weight is 215 g/mol. The van der Waals surface area contributed by atoms with Crippen LogP contribution in [-0.2, 0) is 10.3 Å². The Kier molecular flexibility index (Phi) is 2.39. The van der Waals surface area contributed by atoms with E-state index in [1.54, 1.807) is 25.3 Å². The van der Waals surface area contributed by atoms with E-state index in [0.29, 0.717) is 24.0 Å². The largest absolute Gasteiger partial charge is 0.495 e. The number of hydrogen-bond acceptors (Lipinski definition) is 3. The van der Waals surface area contributed by atoms with Gasteiger partial charge >= 0.3 is 0 Å². The van der Waals surface area contributed by atoms with Crippen LogP contribution in [0.15, 0.2) is 18.2 Å². The van der Waals surface area contributed by atoms with Crippen molar-refractivity contribution in [1.82, 2.24) is 0 Å². The highest BCUT2D eigenvalue weighted by atomic mass is 35.5. The molecule has 1 N–H and O–H groups in total. The summed E-state index contributed by atoms with van der Waals surface area (Å²) in [5, 5.41) is 10.4. The Balaban J connectivity index is 2.32. The Bertz CT molecular complexity index is 347. The van der Waals surface area contributed by atoms with Gasteiger partial charge in [0.15, 0.2) is 0 Å². The van der Waals surface area contributed by atoms with Crippen molar-refractivity contribution < 1.29 is 14.6 Å². The van der Waals surface area contributed by atoms with Crippen molar-refractivity contribution >= 4 is 11.6 Å². The first-order chi connectivity index (χ1) is 6.65. The van der Waals surface area contributed by atoms with Crippen molar-refractivity contribution in [2.75, 3.05) is 20.3 Å². The van der Waals surface area contributed by atoms with Gasteiger partial charge in [0, 0.05) is 0 Å². The molecule has 1 saturated heterocycles. The average Bonchev–Trinajstić information content (AvgIpc) is 2.14. The molecule has 1 fully saturated rings. The van der Waals surface area contributed by atoms with Gasteiger partial charge in [0.2, 0.25) is 0 Å². The lowest BCUT2D eigenvalue weighted by Gasteiger charge is -2.36. The highest BCUT2D eigenvalue weighted by Crippen LogP contribution is 2.34. The van der Waals surface area contributed by atoms with Gasteiger partial charge in [0.05, 0.1) is 25.3 Å². The van der Waals surface area contributed by atoms with Gasteiger partial charge < -0.3 is 14.6 Å². The maximum atomic E-state index is 9.94. The molecule has 14 heavy (non-hydrogen) atoms. The van der Waals surface area contributed by atoms with E-state index in [2.05, 4.69) is 0 Å². The fourth-order valence-corrected chi connectivity index (χ4v) is 1.68. The van der Waals surface area contributed by atoms with Crippen LogP contribution in [0.1, 0.15) is 5.56 Å². The fourth-order valence-electron chi connectivity index (χ4n) is 1.42. The molecule has 0 radical (unpaired) electrons. The second kappa shape index (κ2) is 3.42. The zero-order valence-electron chi connectivity index (χ0n) is 7.79. The predicted octanol–water partition coefficient (Wildman–Crippen LogP) is 1.57. The van der Waals surface area contributed by atoms with Crippen LogP contribution in [0.2, 0.25) is 5.02 Å². The molecule has 0 unspecified atom stereocenters. The van der Waals surface area contributed by atoms with Crippen LogP contribution in [0.25, 0.3) is 0 Å². The van der Waals surface area contributed by atoms with Crippen molar-refractivity contribution in [2.24, 2.45) is 0 Å². The van der Waals surface area contributed by atoms with Gasteiger partial charge in [-0.25, -0.2) is 0 Å². The number of methoxy groups -OCH3 is 1. The molecule has 2 rings (SSSR count). The lowest BCUT2D eigenvalue weighted by Crippen LogP contribution is -2.46. The van der Waals surface area contributed by atoms with Crippen molar-refractivity contribution in [3.05, 3.63) is 28.8 Å². The van der Waals surface area contributed by atoms with Gasteiger partial charge in [0.1, 0.15) is 11.4 Å². The van der Waals surface area contributed by atoms with E-state index in [-0.39, 0.29) is 0 Å². The van der Waals surface area contributed by atoms with E-state index in [1.807, 2.05) is 0 Å². The Labute approximate surface area is 87.2 Å². The molecule has 1 aliphatic rings. The first kappa shape index (κ1) is 9.77. The fraction of sp³-hybridized carbons (Fsp3) is 0.400. The summed E-state index contributed by atoms with van der Waals surface area (Å²) in [7, 11) is 1.56. The van der Waals surface area contributed by atoms with Crippen molar-refractivity contribution in [3.63, 3.8) is 0 Å². The van der Waals surface area contributed by atoms with E-state index in [9.17, 15) is 5.11 Å². The Morgan fingerprint density at radius 1 is 1.50 bits per heavy atom. The summed E-state index contributed by atoms with van der Waals surface area (Å²) in [5.74, 6) is 0.610. The summed E-state index contributed by atoms with van der Waals surface area (Å²) in [4.78, 5) is 0. The van der Waals surface area contributed by atoms with E-state index in [0.717, 1.165) is 5.56 Å². The normalized spacial score (nSPS) is 18.8. The minimum absolute atomic E-state index is 0.329. The summed E-state index contributed by atoms with van der Waals surface area (Å²) < 4.78 is 9.98. The van der Waals surface area contributed by atoms with Crippen LogP contribution in [0.3, 0.4) is 0 Å². The zero-order valence-corrected chi connectivity index (χ0v) is 8.54. The molecule has 1 heterocycles. The van der Waals surface area contributed by atoms with E-state index < -0.39 is 5.60 Å². The second-order valence-corrected chi connectivity index (χ2v) is 3.78. The number of benzene rings is 1. The number of hydrogen-bond donors (Lipinski definition) is 1. The molecule has 0 saturated carbocycles. The van der Waals surface area contributed by atoms with Crippen LogP contribution in [0.4, 0.5) is 0 Å². The minimum Gasteiger partial charge on any atom is -0.495 e. The third-order valence-electron chi connectivity index (χ3n) is 2.37. The third-order valence-corrected chi connectivity index (χ3v) is 2.67. The number of rotatable bonds is 2. The lowest BCUT2D eigenvalue weighted by atomic mass is 9.92. The van der Waals surface area contributed by atoms with Gasteiger partial charge in [-0.2, -0.15) is 0 Å². The van der Waals surface area contributed by atoms with Gasteiger partial charge in [-0.3, -0.25) is 0 Å². The molecule has 0 bridgehead atoms. The van der Waals surface area contributed by atoms with E-state index in [4.69, 9.17) is 21.1 Å². The molecular weight excluding hydrogens is 204 g/mol. The molecule has 0 amide bonds. The molecule has 3 nitrogen and oxygen atoms in total. The molecule has 1 aromatic rings. The minimum atomic E-state index is -0.865. The van der Waals surface area contributed by atoms with Crippen LogP contribution in [0.5, 0.6) is 5.75 Å². The van der Waals surface area contributed by atoms with E-state index >= 15 is 0 Å². The molecule has 0 aliphatic carbocycles. The Morgan fingerprint density at radius 2 is 2.21 bits per heavy atom. The summed E-state index contributed by atoms with van der Waals surface area (Å²) in [6.45, 7) is 0.658. The van der Waals surface area contributed by atoms with Crippen molar-refractivity contribution in [3.8, 4) is 5.75 Å². The van der Waals surface area contributed by atoms with Crippen molar-refractivity contribution in [1.29, 1.82) is 0 Å². The van der Waals surface area contributed by atoms with Gasteiger partial charge in [-0.05, 0) is 17.7 Å². The molecule has 1 aliphatic heterocycles. The first-order valence-electron chi connectivity index (χ1n) is 4.30. The summed E-state index contributed by atoms with van der Waals surface area (Å²) in [6, 6.07) is 5.25. The third kappa shape index (κ3) is 1.47. The Morgan fingerprint density at radius 3 is 2.64 bits per heavy atom. The number of aliphatic hydroxyl groups is 1. The monoisotopic (exact) mass is 214 g/mol. The molecular formula is C10H11ClO3. The predicted molar refractivity (Wildman–Crippen MR) is 52.7 cm³/mol. The molecule has 0 aromatic heterocycles. The summed E-state index contributed by atoms with van der Waals surface area (Å²) in [6.07, 6.45) is 0. The molecule has 0 atom stereocenters. The number of ether oxygens (including phenoxy) is 2. The number of halogens is 1. The van der Waals surface area contributed by atoms with Crippen LogP contribution in [0, 0.1) is 0 Å². The lowest BCUT2D eigenvalue weighted by molar-refractivity contribution is -0.184. The second-order valence-electron chi connectivity index (χ2n) is 3.37. The molecule has 4 heteroatoms. The van der Waals surface area contributed by atoms with Gasteiger partial charge in [0.25, 0.3) is 0 Å². The van der Waals surface area contributed by atoms with Crippen LogP contribution in [-0.4, -0.2) is 25.4 Å². The first-order valence-corrected chi connectivity index (χ1v) is 4.68. The molecule has 76 valence electrons. The van der Waals surface area contributed by atoms with E-state index in [1.165, 1.54) is 0 Å². The molecule has 0 spiro atoms. The van der Waals surface area contributed by atoms with Gasteiger partial charge in [-0.15, -0.1) is 0 Å². The highest BCUT2D eigenvalue weighted by molar-refractivity contribution is 6.32. The maximum absolute atomic E-state index is 9.94. The smallest absolute Gasteiger partial charge is 0.137 e. The van der Waals surface area contributed by atoms with Crippen molar-refractivity contribution in [2.45, 2.75) is 5.60 Å². The van der Waals surface area contributed by atoms with Gasteiger partial charge in [-0.1, -0.05) is 17.7 Å². The zero-order chi connectivity index (χ0) is 10.2. The standard InChI is InChI=1S/C10H11ClO3/c1-13-9-3-2-7(4-8(9)11)10(12)5-14-6-10/h2-4,12H,5-6H2,1H3. The molecule has 1 aromatic carbocycles. The summed E-state index contributed by atoms with van der Waals surface area (Å²) in [5.41, 5.74) is -0.0924. The quantitative estimate of drug-likeness (QED) is 0.812.